The fourth-order valence-electron chi connectivity index (χ4n) is 3.96. The number of fused-ring (bicyclic) bond motifs is 1. The number of aromatic amines is 1. The van der Waals surface area contributed by atoms with Gasteiger partial charge in [-0.15, -0.1) is 24.5 Å². The quantitative estimate of drug-likeness (QED) is 0.304. The van der Waals surface area contributed by atoms with E-state index in [1.165, 1.54) is 12.1 Å². The fraction of sp³-hybridized carbons (Fsp3) is 0.240. The number of aromatic nitrogens is 1. The Bertz CT molecular complexity index is 1390. The number of benzene rings is 2. The van der Waals surface area contributed by atoms with Crippen LogP contribution in [0.5, 0.6) is 5.75 Å². The number of hydrogen-bond donors (Lipinski definition) is 1. The summed E-state index contributed by atoms with van der Waals surface area (Å²) in [5, 5.41) is 1.24. The molecule has 9 heteroatoms. The van der Waals surface area contributed by atoms with Crippen LogP contribution in [0.15, 0.2) is 53.3 Å². The lowest BCUT2D eigenvalue weighted by Crippen LogP contribution is -2.18. The van der Waals surface area contributed by atoms with Crippen LogP contribution in [-0.4, -0.2) is 23.3 Å². The van der Waals surface area contributed by atoms with Crippen molar-refractivity contribution in [1.82, 2.24) is 9.88 Å². The molecule has 1 N–H and O–H groups in total. The molecule has 0 amide bonds. The first kappa shape index (κ1) is 24.3. The summed E-state index contributed by atoms with van der Waals surface area (Å²) in [5.41, 5.74) is 3.50. The summed E-state index contributed by atoms with van der Waals surface area (Å²) < 4.78 is 42.0. The van der Waals surface area contributed by atoms with Crippen LogP contribution in [0.25, 0.3) is 21.2 Å². The molecular weight excluding hydrogens is 485 g/mol. The van der Waals surface area contributed by atoms with Gasteiger partial charge in [-0.1, -0.05) is 29.8 Å². The molecule has 0 aliphatic rings. The Kier molecular flexibility index (Phi) is 6.75. The van der Waals surface area contributed by atoms with E-state index in [0.29, 0.717) is 24.3 Å². The zero-order valence-corrected chi connectivity index (χ0v) is 20.3. The van der Waals surface area contributed by atoms with Crippen LogP contribution >= 0.6 is 22.9 Å². The van der Waals surface area contributed by atoms with Crippen LogP contribution in [-0.2, 0) is 13.1 Å². The molecule has 0 atom stereocenters. The van der Waals surface area contributed by atoms with Gasteiger partial charge in [0, 0.05) is 39.6 Å². The van der Waals surface area contributed by atoms with Gasteiger partial charge in [-0.3, -0.25) is 9.69 Å². The fourth-order valence-corrected chi connectivity index (χ4v) is 5.23. The molecule has 34 heavy (non-hydrogen) atoms. The predicted molar refractivity (Wildman–Crippen MR) is 131 cm³/mol. The molecule has 0 unspecified atom stereocenters. The van der Waals surface area contributed by atoms with Crippen LogP contribution in [0.1, 0.15) is 21.8 Å². The molecule has 2 heterocycles. The molecule has 2 aromatic carbocycles. The number of nitrogens with zero attached hydrogens (tertiary/aromatic N) is 1. The van der Waals surface area contributed by atoms with Crippen LogP contribution in [0.2, 0.25) is 5.02 Å². The van der Waals surface area contributed by atoms with Crippen molar-refractivity contribution in [3.63, 3.8) is 0 Å². The van der Waals surface area contributed by atoms with E-state index >= 15 is 0 Å². The highest BCUT2D eigenvalue weighted by Crippen LogP contribution is 2.32. The molecular formula is C25H22ClF3N2O2S. The Balaban J connectivity index is 1.50. The van der Waals surface area contributed by atoms with Gasteiger partial charge >= 0.3 is 6.36 Å². The van der Waals surface area contributed by atoms with Crippen LogP contribution in [0.3, 0.4) is 0 Å². The van der Waals surface area contributed by atoms with E-state index in [1.807, 2.05) is 32.2 Å². The van der Waals surface area contributed by atoms with E-state index < -0.39 is 6.36 Å². The second-order valence-corrected chi connectivity index (χ2v) is 9.77. The van der Waals surface area contributed by atoms with Crippen molar-refractivity contribution < 1.29 is 17.9 Å². The number of rotatable bonds is 6. The normalized spacial score (nSPS) is 12.0. The average molecular weight is 507 g/mol. The first-order valence-corrected chi connectivity index (χ1v) is 11.6. The van der Waals surface area contributed by atoms with E-state index in [9.17, 15) is 18.0 Å². The standard InChI is InChI=1S/C25H22ClF3N2O2S/c1-14-22(24(32)23(26)15(2)30-14)17-6-9-21-18(10-17)11-20(34-21)13-31(3)12-16-4-7-19(8-5-16)33-25(27,28)29/h4-11H,12-13H2,1-3H3,(H,30,32). The SMILES string of the molecule is Cc1[nH]c(C)c(-c2ccc3sc(CN(C)Cc4ccc(OC(F)(F)F)cc4)cc3c2)c(=O)c1Cl. The monoisotopic (exact) mass is 506 g/mol. The zero-order valence-electron chi connectivity index (χ0n) is 18.7. The summed E-state index contributed by atoms with van der Waals surface area (Å²) in [4.78, 5) is 19.1. The largest absolute Gasteiger partial charge is 0.573 e. The van der Waals surface area contributed by atoms with Gasteiger partial charge in [0.1, 0.15) is 10.8 Å². The molecule has 4 nitrogen and oxygen atoms in total. The Morgan fingerprint density at radius 1 is 1.03 bits per heavy atom. The van der Waals surface area contributed by atoms with Crippen molar-refractivity contribution in [2.24, 2.45) is 0 Å². The summed E-state index contributed by atoms with van der Waals surface area (Å²) in [6.07, 6.45) is -4.70. The van der Waals surface area contributed by atoms with Crippen molar-refractivity contribution in [3.8, 4) is 16.9 Å². The lowest BCUT2D eigenvalue weighted by atomic mass is 10.0. The topological polar surface area (TPSA) is 45.3 Å². The van der Waals surface area contributed by atoms with E-state index in [1.54, 1.807) is 30.4 Å². The average Bonchev–Trinajstić information content (AvgIpc) is 3.14. The highest BCUT2D eigenvalue weighted by molar-refractivity contribution is 7.19. The summed E-state index contributed by atoms with van der Waals surface area (Å²) in [5.74, 6) is -0.233. The maximum atomic E-state index is 12.7. The maximum Gasteiger partial charge on any atom is 0.573 e. The smallest absolute Gasteiger partial charge is 0.406 e. The van der Waals surface area contributed by atoms with Crippen molar-refractivity contribution in [2.45, 2.75) is 33.3 Å². The zero-order chi connectivity index (χ0) is 24.6. The third-order valence-electron chi connectivity index (χ3n) is 5.40. The first-order chi connectivity index (χ1) is 16.0. The number of pyridine rings is 1. The molecule has 4 aromatic rings. The molecule has 0 aliphatic heterocycles. The molecule has 0 aliphatic carbocycles. The van der Waals surface area contributed by atoms with Gasteiger partial charge in [-0.05, 0) is 67.7 Å². The lowest BCUT2D eigenvalue weighted by molar-refractivity contribution is -0.274. The molecule has 0 fully saturated rings. The predicted octanol–water partition coefficient (Wildman–Crippen LogP) is 7.06. The summed E-state index contributed by atoms with van der Waals surface area (Å²) in [6.45, 7) is 4.88. The second-order valence-electron chi connectivity index (χ2n) is 8.22. The number of alkyl halides is 3. The van der Waals surface area contributed by atoms with Gasteiger partial charge < -0.3 is 9.72 Å². The van der Waals surface area contributed by atoms with Crippen molar-refractivity contribution in [3.05, 3.63) is 85.6 Å². The molecule has 0 spiro atoms. The number of hydrogen-bond acceptors (Lipinski definition) is 4. The number of halogens is 4. The Morgan fingerprint density at radius 3 is 2.41 bits per heavy atom. The lowest BCUT2D eigenvalue weighted by Gasteiger charge is -2.16. The summed E-state index contributed by atoms with van der Waals surface area (Å²) in [6, 6.07) is 13.9. The van der Waals surface area contributed by atoms with E-state index in [0.717, 1.165) is 31.8 Å². The van der Waals surface area contributed by atoms with Gasteiger partial charge in [-0.25, -0.2) is 0 Å². The highest BCUT2D eigenvalue weighted by atomic mass is 35.5. The van der Waals surface area contributed by atoms with Gasteiger partial charge in [0.2, 0.25) is 5.43 Å². The Labute approximate surface area is 203 Å². The highest BCUT2D eigenvalue weighted by Gasteiger charge is 2.30. The summed E-state index contributed by atoms with van der Waals surface area (Å²) in [7, 11) is 1.95. The van der Waals surface area contributed by atoms with Crippen molar-refractivity contribution in [1.29, 1.82) is 0 Å². The van der Waals surface area contributed by atoms with Crippen LogP contribution < -0.4 is 10.2 Å². The third kappa shape index (κ3) is 5.46. The molecule has 0 bridgehead atoms. The van der Waals surface area contributed by atoms with Crippen molar-refractivity contribution in [2.75, 3.05) is 7.05 Å². The van der Waals surface area contributed by atoms with Gasteiger partial charge in [0.05, 0.1) is 0 Å². The van der Waals surface area contributed by atoms with E-state index in [2.05, 4.69) is 20.7 Å². The molecule has 0 radical (unpaired) electrons. The van der Waals surface area contributed by atoms with Crippen LogP contribution in [0.4, 0.5) is 13.2 Å². The van der Waals surface area contributed by atoms with E-state index in [4.69, 9.17) is 11.6 Å². The van der Waals surface area contributed by atoms with Gasteiger partial charge in [0.15, 0.2) is 0 Å². The number of ether oxygens (including phenoxy) is 1. The molecule has 2 aromatic heterocycles. The van der Waals surface area contributed by atoms with E-state index in [-0.39, 0.29) is 16.2 Å². The molecule has 4 rings (SSSR count). The number of nitrogens with one attached hydrogen (secondary N) is 1. The van der Waals surface area contributed by atoms with Gasteiger partial charge in [0.25, 0.3) is 0 Å². The van der Waals surface area contributed by atoms with Gasteiger partial charge in [-0.2, -0.15) is 0 Å². The minimum absolute atomic E-state index is 0.184. The molecule has 0 saturated heterocycles. The number of thiophene rings is 1. The number of H-pyrrole nitrogens is 1. The first-order valence-electron chi connectivity index (χ1n) is 10.5. The Morgan fingerprint density at radius 2 is 1.74 bits per heavy atom. The molecule has 178 valence electrons. The Hall–Kier alpha value is -2.81. The van der Waals surface area contributed by atoms with Crippen LogP contribution in [0, 0.1) is 13.8 Å². The number of aryl methyl sites for hydroxylation is 2. The minimum Gasteiger partial charge on any atom is -0.406 e. The minimum atomic E-state index is -4.70. The third-order valence-corrected chi connectivity index (χ3v) is 6.95. The molecule has 0 saturated carbocycles. The summed E-state index contributed by atoms with van der Waals surface area (Å²) >= 11 is 7.85. The van der Waals surface area contributed by atoms with Crippen molar-refractivity contribution >= 4 is 33.0 Å². The maximum absolute atomic E-state index is 12.7. The second kappa shape index (κ2) is 9.44.